The molecule has 0 bridgehead atoms. The van der Waals surface area contributed by atoms with Crippen molar-refractivity contribution in [3.63, 3.8) is 0 Å². The fourth-order valence-electron chi connectivity index (χ4n) is 5.20. The molecule has 3 aromatic rings. The number of hydrogen-bond donors (Lipinski definition) is 1. The summed E-state index contributed by atoms with van der Waals surface area (Å²) in [5.74, 6) is 0. The van der Waals surface area contributed by atoms with Crippen LogP contribution in [0.15, 0.2) is 72.8 Å². The molecule has 180 valence electrons. The van der Waals surface area contributed by atoms with Crippen molar-refractivity contribution in [2.75, 3.05) is 0 Å². The van der Waals surface area contributed by atoms with Crippen LogP contribution in [0.2, 0.25) is 0 Å². The highest BCUT2D eigenvalue weighted by Crippen LogP contribution is 2.40. The largest absolute Gasteiger partial charge is 0.386 e. The predicted octanol–water partition coefficient (Wildman–Crippen LogP) is 8.89. The van der Waals surface area contributed by atoms with E-state index in [0.717, 1.165) is 32.1 Å². The summed E-state index contributed by atoms with van der Waals surface area (Å²) in [7, 11) is 0. The van der Waals surface area contributed by atoms with E-state index in [0.29, 0.717) is 0 Å². The van der Waals surface area contributed by atoms with E-state index in [1.165, 1.54) is 38.9 Å². The zero-order chi connectivity index (χ0) is 24.8. The third kappa shape index (κ3) is 5.20. The molecule has 0 aromatic heterocycles. The van der Waals surface area contributed by atoms with Gasteiger partial charge in [0.25, 0.3) is 0 Å². The first-order chi connectivity index (χ1) is 16.4. The van der Waals surface area contributed by atoms with Gasteiger partial charge in [-0.15, -0.1) is 0 Å². The van der Waals surface area contributed by atoms with Crippen LogP contribution in [-0.4, -0.2) is 10.7 Å². The highest BCUT2D eigenvalue weighted by Gasteiger charge is 2.31. The lowest BCUT2D eigenvalue weighted by Crippen LogP contribution is -2.26. The first-order valence-corrected chi connectivity index (χ1v) is 13.1. The van der Waals surface area contributed by atoms with Gasteiger partial charge >= 0.3 is 0 Å². The summed E-state index contributed by atoms with van der Waals surface area (Å²) >= 11 is 0. The minimum atomic E-state index is -0.722. The lowest BCUT2D eigenvalue weighted by atomic mass is 9.70. The van der Waals surface area contributed by atoms with Gasteiger partial charge in [0.15, 0.2) is 0 Å². The van der Waals surface area contributed by atoms with Gasteiger partial charge in [0.05, 0.1) is 5.60 Å². The normalized spacial score (nSPS) is 12.4. The number of hydrogen-bond acceptors (Lipinski definition) is 1. The maximum Gasteiger partial charge on any atom is 0.0825 e. The molecule has 0 radical (unpaired) electrons. The first kappa shape index (κ1) is 26.0. The van der Waals surface area contributed by atoms with Crippen molar-refractivity contribution in [2.45, 2.75) is 84.7 Å². The molecule has 0 atom stereocenters. The molecule has 3 rings (SSSR count). The van der Waals surface area contributed by atoms with Crippen molar-refractivity contribution in [1.29, 1.82) is 0 Å². The predicted molar refractivity (Wildman–Crippen MR) is 148 cm³/mol. The fraction of sp³-hybridized carbons (Fsp3) is 0.394. The molecule has 0 saturated carbocycles. The van der Waals surface area contributed by atoms with Crippen molar-refractivity contribution >= 4 is 6.08 Å². The lowest BCUT2D eigenvalue weighted by molar-refractivity contribution is 0.0836. The molecule has 0 aliphatic carbocycles. The van der Waals surface area contributed by atoms with E-state index >= 15 is 0 Å². The topological polar surface area (TPSA) is 20.2 Å². The Kier molecular flexibility index (Phi) is 8.55. The number of aliphatic hydroxyl groups is 1. The summed E-state index contributed by atoms with van der Waals surface area (Å²) in [6, 6.07) is 24.8. The Morgan fingerprint density at radius 1 is 0.735 bits per heavy atom. The van der Waals surface area contributed by atoms with Gasteiger partial charge in [0.2, 0.25) is 0 Å². The molecule has 1 N–H and O–H groups in total. The summed E-state index contributed by atoms with van der Waals surface area (Å²) in [5, 5.41) is 10.6. The SMILES string of the molecule is CCc1ccccc1-c1ccc(C(CC)(CC)c2ccc(/C=C/C(O)(CC)CC)c(C)c2)cc1. The standard InChI is InChI=1S/C33H42O/c1-7-26-14-12-13-15-31(26)28-17-19-29(20-18-28)33(10-4,11-5)30-21-16-27(25(6)24-30)22-23-32(34,8-2)9-3/h12-24,34H,7-11H2,1-6H3/b23-22+. The Morgan fingerprint density at radius 3 is 1.91 bits per heavy atom. The number of rotatable bonds is 10. The zero-order valence-corrected chi connectivity index (χ0v) is 22.0. The van der Waals surface area contributed by atoms with Crippen molar-refractivity contribution < 1.29 is 5.11 Å². The maximum absolute atomic E-state index is 10.6. The highest BCUT2D eigenvalue weighted by atomic mass is 16.3. The van der Waals surface area contributed by atoms with Gasteiger partial charge in [-0.2, -0.15) is 0 Å². The molecular formula is C33H42O. The van der Waals surface area contributed by atoms with Crippen LogP contribution < -0.4 is 0 Å². The quantitative estimate of drug-likeness (QED) is 0.324. The van der Waals surface area contributed by atoms with Crippen LogP contribution in [0.4, 0.5) is 0 Å². The highest BCUT2D eigenvalue weighted by molar-refractivity contribution is 5.68. The Bertz CT molecular complexity index is 1100. The maximum atomic E-state index is 10.6. The van der Waals surface area contributed by atoms with Crippen LogP contribution in [-0.2, 0) is 11.8 Å². The van der Waals surface area contributed by atoms with E-state index in [1.54, 1.807) is 0 Å². The Hall–Kier alpha value is -2.64. The van der Waals surface area contributed by atoms with E-state index in [-0.39, 0.29) is 5.41 Å². The van der Waals surface area contributed by atoms with E-state index in [1.807, 2.05) is 19.9 Å². The van der Waals surface area contributed by atoms with Crippen molar-refractivity contribution in [3.05, 3.63) is 101 Å². The average Bonchev–Trinajstić information content (AvgIpc) is 2.89. The van der Waals surface area contributed by atoms with Crippen LogP contribution >= 0.6 is 0 Å². The van der Waals surface area contributed by atoms with Gasteiger partial charge < -0.3 is 5.11 Å². The molecule has 0 spiro atoms. The first-order valence-electron chi connectivity index (χ1n) is 13.1. The summed E-state index contributed by atoms with van der Waals surface area (Å²) in [5.41, 5.74) is 8.46. The Labute approximate surface area is 207 Å². The minimum absolute atomic E-state index is 0.0105. The molecule has 0 aliphatic heterocycles. The molecule has 3 aromatic carbocycles. The summed E-state index contributed by atoms with van der Waals surface area (Å²) in [4.78, 5) is 0. The van der Waals surface area contributed by atoms with Gasteiger partial charge in [-0.25, -0.2) is 0 Å². The second-order valence-electron chi connectivity index (χ2n) is 9.59. The molecule has 34 heavy (non-hydrogen) atoms. The molecular weight excluding hydrogens is 412 g/mol. The van der Waals surface area contributed by atoms with Gasteiger partial charge in [0.1, 0.15) is 0 Å². The molecule has 0 amide bonds. The molecule has 1 nitrogen and oxygen atoms in total. The van der Waals surface area contributed by atoms with Crippen LogP contribution in [0.1, 0.15) is 88.1 Å². The molecule has 0 unspecified atom stereocenters. The second kappa shape index (κ2) is 11.2. The van der Waals surface area contributed by atoms with Crippen molar-refractivity contribution in [2.24, 2.45) is 0 Å². The average molecular weight is 455 g/mol. The van der Waals surface area contributed by atoms with Crippen molar-refractivity contribution in [1.82, 2.24) is 0 Å². The monoisotopic (exact) mass is 454 g/mol. The van der Waals surface area contributed by atoms with E-state index in [2.05, 4.69) is 101 Å². The molecule has 0 aliphatic rings. The van der Waals surface area contributed by atoms with E-state index in [9.17, 15) is 5.11 Å². The van der Waals surface area contributed by atoms with Crippen LogP contribution in [0.3, 0.4) is 0 Å². The van der Waals surface area contributed by atoms with E-state index < -0.39 is 5.60 Å². The molecule has 1 heteroatoms. The van der Waals surface area contributed by atoms with Gasteiger partial charge in [0, 0.05) is 5.41 Å². The van der Waals surface area contributed by atoms with Crippen molar-refractivity contribution in [3.8, 4) is 11.1 Å². The Balaban J connectivity index is 1.97. The van der Waals surface area contributed by atoms with Gasteiger partial charge in [-0.1, -0.05) is 114 Å². The summed E-state index contributed by atoms with van der Waals surface area (Å²) in [6.45, 7) is 13.1. The van der Waals surface area contributed by atoms with Gasteiger partial charge in [-0.3, -0.25) is 0 Å². The Morgan fingerprint density at radius 2 is 1.35 bits per heavy atom. The lowest BCUT2D eigenvalue weighted by Gasteiger charge is -2.34. The van der Waals surface area contributed by atoms with E-state index in [4.69, 9.17) is 0 Å². The van der Waals surface area contributed by atoms with Crippen LogP contribution in [0.25, 0.3) is 17.2 Å². The second-order valence-corrected chi connectivity index (χ2v) is 9.59. The number of benzene rings is 3. The van der Waals surface area contributed by atoms with Crippen LogP contribution in [0.5, 0.6) is 0 Å². The molecule has 0 heterocycles. The smallest absolute Gasteiger partial charge is 0.0825 e. The molecule has 0 saturated heterocycles. The fourth-order valence-corrected chi connectivity index (χ4v) is 5.20. The van der Waals surface area contributed by atoms with Crippen LogP contribution in [0, 0.1) is 6.92 Å². The molecule has 0 fully saturated rings. The summed E-state index contributed by atoms with van der Waals surface area (Å²) in [6.07, 6.45) is 8.65. The third-order valence-corrected chi connectivity index (χ3v) is 7.97. The zero-order valence-electron chi connectivity index (χ0n) is 22.0. The number of aryl methyl sites for hydroxylation is 2. The third-order valence-electron chi connectivity index (χ3n) is 7.97. The minimum Gasteiger partial charge on any atom is -0.386 e. The summed E-state index contributed by atoms with van der Waals surface area (Å²) < 4.78 is 0. The van der Waals surface area contributed by atoms with Gasteiger partial charge in [-0.05, 0) is 78.0 Å².